The van der Waals surface area contributed by atoms with Crippen LogP contribution in [0.2, 0.25) is 0 Å². The minimum Gasteiger partial charge on any atom is -0.480 e. The first-order valence-electron chi connectivity index (χ1n) is 4.64. The van der Waals surface area contributed by atoms with Crippen LogP contribution in [0.4, 0.5) is 4.39 Å². The molecule has 0 radical (unpaired) electrons. The summed E-state index contributed by atoms with van der Waals surface area (Å²) in [7, 11) is 1.36. The molecule has 1 rings (SSSR count). The highest BCUT2D eigenvalue weighted by molar-refractivity contribution is 5.95. The van der Waals surface area contributed by atoms with Gasteiger partial charge >= 0.3 is 5.97 Å². The van der Waals surface area contributed by atoms with Crippen molar-refractivity contribution in [2.45, 2.75) is 6.92 Å². The lowest BCUT2D eigenvalue weighted by Gasteiger charge is -2.14. The van der Waals surface area contributed by atoms with Gasteiger partial charge in [0.2, 0.25) is 0 Å². The van der Waals surface area contributed by atoms with Gasteiger partial charge in [-0.25, -0.2) is 4.39 Å². The molecule has 0 aliphatic heterocycles. The number of halogens is 1. The van der Waals surface area contributed by atoms with Crippen LogP contribution in [-0.4, -0.2) is 35.5 Å². The van der Waals surface area contributed by atoms with Crippen molar-refractivity contribution >= 4 is 11.9 Å². The summed E-state index contributed by atoms with van der Waals surface area (Å²) < 4.78 is 13.0. The van der Waals surface area contributed by atoms with Crippen molar-refractivity contribution < 1.29 is 19.1 Å². The van der Waals surface area contributed by atoms with Crippen molar-refractivity contribution in [3.05, 3.63) is 35.1 Å². The fourth-order valence-corrected chi connectivity index (χ4v) is 1.35. The molecule has 4 nitrogen and oxygen atoms in total. The summed E-state index contributed by atoms with van der Waals surface area (Å²) in [5.74, 6) is -2.12. The smallest absolute Gasteiger partial charge is 0.323 e. The lowest BCUT2D eigenvalue weighted by Crippen LogP contribution is -2.32. The fraction of sp³-hybridized carbons (Fsp3) is 0.273. The zero-order valence-electron chi connectivity index (χ0n) is 9.03. The normalized spacial score (nSPS) is 9.94. The molecule has 0 fully saturated rings. The monoisotopic (exact) mass is 225 g/mol. The quantitative estimate of drug-likeness (QED) is 0.843. The predicted octanol–water partition coefficient (Wildman–Crippen LogP) is 1.29. The first-order valence-corrected chi connectivity index (χ1v) is 4.64. The molecule has 86 valence electrons. The summed E-state index contributed by atoms with van der Waals surface area (Å²) in [6, 6.07) is 3.91. The largest absolute Gasteiger partial charge is 0.480 e. The number of aryl methyl sites for hydroxylation is 1. The van der Waals surface area contributed by atoms with Gasteiger partial charge in [-0.05, 0) is 30.7 Å². The molecule has 0 atom stereocenters. The second-order valence-electron chi connectivity index (χ2n) is 3.57. The second kappa shape index (κ2) is 4.74. The standard InChI is InChI=1S/C11H12FNO3/c1-7-3-8(5-9(12)4-7)11(16)13(2)6-10(14)15/h3-5H,6H2,1-2H3,(H,14,15). The molecule has 0 heterocycles. The average Bonchev–Trinajstić information content (AvgIpc) is 2.13. The third kappa shape index (κ3) is 3.05. The summed E-state index contributed by atoms with van der Waals surface area (Å²) >= 11 is 0. The second-order valence-corrected chi connectivity index (χ2v) is 3.57. The van der Waals surface area contributed by atoms with E-state index in [1.165, 1.54) is 19.2 Å². The number of carboxylic acid groups (broad SMARTS) is 1. The molecule has 0 saturated carbocycles. The highest BCUT2D eigenvalue weighted by Crippen LogP contribution is 2.10. The average molecular weight is 225 g/mol. The number of likely N-dealkylation sites (N-methyl/N-ethyl adjacent to an activating group) is 1. The molecule has 0 aliphatic rings. The van der Waals surface area contributed by atoms with Crippen molar-refractivity contribution in [2.75, 3.05) is 13.6 Å². The molecule has 0 aliphatic carbocycles. The van der Waals surface area contributed by atoms with Crippen LogP contribution in [0.3, 0.4) is 0 Å². The van der Waals surface area contributed by atoms with Gasteiger partial charge in [0.25, 0.3) is 5.91 Å². The van der Waals surface area contributed by atoms with Crippen molar-refractivity contribution in [3.8, 4) is 0 Å². The predicted molar refractivity (Wildman–Crippen MR) is 55.7 cm³/mol. The van der Waals surface area contributed by atoms with Crippen LogP contribution in [0.5, 0.6) is 0 Å². The van der Waals surface area contributed by atoms with E-state index in [1.807, 2.05) is 0 Å². The van der Waals surface area contributed by atoms with E-state index in [0.29, 0.717) is 5.56 Å². The van der Waals surface area contributed by atoms with Gasteiger partial charge in [0.15, 0.2) is 0 Å². The van der Waals surface area contributed by atoms with Crippen LogP contribution in [-0.2, 0) is 4.79 Å². The maximum Gasteiger partial charge on any atom is 0.323 e. The Hall–Kier alpha value is -1.91. The highest BCUT2D eigenvalue weighted by Gasteiger charge is 2.15. The van der Waals surface area contributed by atoms with E-state index in [-0.39, 0.29) is 5.56 Å². The van der Waals surface area contributed by atoms with Gasteiger partial charge in [-0.3, -0.25) is 9.59 Å². The van der Waals surface area contributed by atoms with Gasteiger partial charge in [-0.2, -0.15) is 0 Å². The van der Waals surface area contributed by atoms with Crippen molar-refractivity contribution in [1.29, 1.82) is 0 Å². The first kappa shape index (κ1) is 12.2. The highest BCUT2D eigenvalue weighted by atomic mass is 19.1. The number of aliphatic carboxylic acids is 1. The number of carbonyl (C=O) groups is 2. The summed E-state index contributed by atoms with van der Waals surface area (Å²) in [4.78, 5) is 23.1. The van der Waals surface area contributed by atoms with Crippen LogP contribution in [0, 0.1) is 12.7 Å². The van der Waals surface area contributed by atoms with Crippen molar-refractivity contribution in [2.24, 2.45) is 0 Å². The molecule has 0 saturated heterocycles. The summed E-state index contributed by atoms with van der Waals surface area (Å²) in [6.07, 6.45) is 0. The maximum atomic E-state index is 13.0. The summed E-state index contributed by atoms with van der Waals surface area (Å²) in [6.45, 7) is 1.26. The van der Waals surface area contributed by atoms with Crippen molar-refractivity contribution in [1.82, 2.24) is 4.90 Å². The Balaban J connectivity index is 2.91. The first-order chi connectivity index (χ1) is 7.40. The molecule has 1 aromatic rings. The van der Waals surface area contributed by atoms with Gasteiger partial charge < -0.3 is 10.0 Å². The molecule has 0 unspecified atom stereocenters. The Morgan fingerprint density at radius 2 is 2.00 bits per heavy atom. The van der Waals surface area contributed by atoms with Gasteiger partial charge in [0.05, 0.1) is 0 Å². The van der Waals surface area contributed by atoms with E-state index in [4.69, 9.17) is 5.11 Å². The number of amides is 1. The van der Waals surface area contributed by atoms with Gasteiger partial charge in [-0.1, -0.05) is 0 Å². The molecular weight excluding hydrogens is 213 g/mol. The van der Waals surface area contributed by atoms with E-state index in [9.17, 15) is 14.0 Å². The van der Waals surface area contributed by atoms with Crippen LogP contribution < -0.4 is 0 Å². The zero-order valence-corrected chi connectivity index (χ0v) is 9.03. The molecule has 5 heteroatoms. The van der Waals surface area contributed by atoms with Gasteiger partial charge in [0.1, 0.15) is 12.4 Å². The molecule has 1 N–H and O–H groups in total. The van der Waals surface area contributed by atoms with Crippen molar-refractivity contribution in [3.63, 3.8) is 0 Å². The number of carboxylic acids is 1. The van der Waals surface area contributed by atoms with E-state index in [1.54, 1.807) is 6.92 Å². The number of hydrogen-bond donors (Lipinski definition) is 1. The van der Waals surface area contributed by atoms with Crippen LogP contribution in [0.15, 0.2) is 18.2 Å². The SMILES string of the molecule is Cc1cc(F)cc(C(=O)N(C)CC(=O)O)c1. The summed E-state index contributed by atoms with van der Waals surface area (Å²) in [5.41, 5.74) is 0.772. The van der Waals surface area contributed by atoms with E-state index in [0.717, 1.165) is 11.0 Å². The topological polar surface area (TPSA) is 57.6 Å². The van der Waals surface area contributed by atoms with Gasteiger partial charge in [0, 0.05) is 12.6 Å². The number of nitrogens with zero attached hydrogens (tertiary/aromatic N) is 1. The third-order valence-electron chi connectivity index (χ3n) is 2.01. The lowest BCUT2D eigenvalue weighted by molar-refractivity contribution is -0.137. The molecule has 0 bridgehead atoms. The Bertz CT molecular complexity index is 411. The van der Waals surface area contributed by atoms with Gasteiger partial charge in [-0.15, -0.1) is 0 Å². The maximum absolute atomic E-state index is 13.0. The Kier molecular flexibility index (Phi) is 3.60. The Labute approximate surface area is 92.3 Å². The third-order valence-corrected chi connectivity index (χ3v) is 2.01. The van der Waals surface area contributed by atoms with Crippen LogP contribution >= 0.6 is 0 Å². The number of carbonyl (C=O) groups excluding carboxylic acids is 1. The molecule has 1 amide bonds. The van der Waals surface area contributed by atoms with E-state index in [2.05, 4.69) is 0 Å². The lowest BCUT2D eigenvalue weighted by atomic mass is 10.1. The minimum absolute atomic E-state index is 0.154. The van der Waals surface area contributed by atoms with Crippen LogP contribution in [0.1, 0.15) is 15.9 Å². The van der Waals surface area contributed by atoms with Crippen LogP contribution in [0.25, 0.3) is 0 Å². The number of hydrogen-bond acceptors (Lipinski definition) is 2. The molecular formula is C11H12FNO3. The zero-order chi connectivity index (χ0) is 12.3. The minimum atomic E-state index is -1.11. The molecule has 16 heavy (non-hydrogen) atoms. The molecule has 0 spiro atoms. The summed E-state index contributed by atoms with van der Waals surface area (Å²) in [5, 5.41) is 8.52. The molecule has 1 aromatic carbocycles. The molecule has 0 aromatic heterocycles. The van der Waals surface area contributed by atoms with E-state index < -0.39 is 24.2 Å². The number of benzene rings is 1. The van der Waals surface area contributed by atoms with E-state index >= 15 is 0 Å². The number of rotatable bonds is 3. The Morgan fingerprint density at radius 1 is 1.38 bits per heavy atom. The fourth-order valence-electron chi connectivity index (χ4n) is 1.35. The Morgan fingerprint density at radius 3 is 2.50 bits per heavy atom.